The van der Waals surface area contributed by atoms with Crippen molar-refractivity contribution in [3.8, 4) is 5.88 Å². The van der Waals surface area contributed by atoms with Crippen LogP contribution in [0.25, 0.3) is 0 Å². The molecule has 0 amide bonds. The van der Waals surface area contributed by atoms with E-state index in [1.807, 2.05) is 0 Å². The van der Waals surface area contributed by atoms with Crippen LogP contribution in [-0.4, -0.2) is 14.2 Å². The van der Waals surface area contributed by atoms with Crippen LogP contribution in [0.2, 0.25) is 10.0 Å². The monoisotopic (exact) mass is 476 g/mol. The molecule has 5 nitrogen and oxygen atoms in total. The quantitative estimate of drug-likeness (QED) is 0.523. The van der Waals surface area contributed by atoms with Crippen LogP contribution in [0.5, 0.6) is 5.88 Å². The van der Waals surface area contributed by atoms with Gasteiger partial charge in [-0.2, -0.15) is 0 Å². The van der Waals surface area contributed by atoms with Crippen molar-refractivity contribution in [1.82, 2.24) is 9.13 Å². The van der Waals surface area contributed by atoms with Crippen molar-refractivity contribution < 1.29 is 22.7 Å². The van der Waals surface area contributed by atoms with Crippen LogP contribution in [0.1, 0.15) is 23.5 Å². The lowest BCUT2D eigenvalue weighted by molar-refractivity contribution is 0.261. The molecule has 2 atom stereocenters. The van der Waals surface area contributed by atoms with E-state index in [1.165, 1.54) is 0 Å². The molecule has 0 aliphatic carbocycles. The molecule has 0 radical (unpaired) electrons. The van der Waals surface area contributed by atoms with Gasteiger partial charge in [0.1, 0.15) is 24.0 Å². The Balaban J connectivity index is 1.94. The van der Waals surface area contributed by atoms with Crippen LogP contribution in [0.3, 0.4) is 0 Å². The van der Waals surface area contributed by atoms with Gasteiger partial charge in [-0.25, -0.2) is 22.4 Å². The molecule has 0 aliphatic rings. The lowest BCUT2D eigenvalue weighted by atomic mass is 10.1. The summed E-state index contributed by atoms with van der Waals surface area (Å²) in [5, 5.41) is 9.79. The molecule has 0 bridgehead atoms. The highest BCUT2D eigenvalue weighted by Gasteiger charge is 2.21. The third kappa shape index (κ3) is 5.29. The molecule has 0 aliphatic heterocycles. The van der Waals surface area contributed by atoms with Crippen molar-refractivity contribution in [1.29, 1.82) is 0 Å². The molecule has 0 fully saturated rings. The summed E-state index contributed by atoms with van der Waals surface area (Å²) in [6.07, 6.45) is -3.98. The first-order valence-electron chi connectivity index (χ1n) is 8.79. The van der Waals surface area contributed by atoms with Crippen LogP contribution >= 0.6 is 23.2 Å². The summed E-state index contributed by atoms with van der Waals surface area (Å²) in [4.78, 5) is 24.8. The Hall–Kier alpha value is -2.78. The molecular formula is C20H14Cl2F4N2O3. The van der Waals surface area contributed by atoms with Crippen LogP contribution in [-0.2, 0) is 13.1 Å². The highest BCUT2D eigenvalue weighted by molar-refractivity contribution is 6.30. The van der Waals surface area contributed by atoms with E-state index in [4.69, 9.17) is 23.2 Å². The predicted molar refractivity (Wildman–Crippen MR) is 107 cm³/mol. The van der Waals surface area contributed by atoms with Gasteiger partial charge < -0.3 is 5.11 Å². The Morgan fingerprint density at radius 2 is 1.23 bits per heavy atom. The van der Waals surface area contributed by atoms with Gasteiger partial charge in [0.15, 0.2) is 0 Å². The van der Waals surface area contributed by atoms with Crippen molar-refractivity contribution in [2.24, 2.45) is 0 Å². The predicted octanol–water partition coefficient (Wildman–Crippen LogP) is 4.72. The van der Waals surface area contributed by atoms with Gasteiger partial charge in [-0.1, -0.05) is 23.2 Å². The molecule has 11 heteroatoms. The van der Waals surface area contributed by atoms with Crippen molar-refractivity contribution in [2.75, 3.05) is 0 Å². The molecule has 3 rings (SSSR count). The second-order valence-corrected chi connectivity index (χ2v) is 7.56. The van der Waals surface area contributed by atoms with Gasteiger partial charge in [-0.3, -0.25) is 13.9 Å². The average Bonchev–Trinajstić information content (AvgIpc) is 2.66. The van der Waals surface area contributed by atoms with Gasteiger partial charge in [0.2, 0.25) is 5.88 Å². The highest BCUT2D eigenvalue weighted by atomic mass is 35.5. The number of hydrogen-bond donors (Lipinski definition) is 1. The van der Waals surface area contributed by atoms with Gasteiger partial charge in [0.05, 0.1) is 19.2 Å². The summed E-state index contributed by atoms with van der Waals surface area (Å²) in [5.74, 6) is -2.48. The molecule has 0 spiro atoms. The second-order valence-electron chi connectivity index (χ2n) is 6.69. The van der Waals surface area contributed by atoms with E-state index < -0.39 is 54.2 Å². The summed E-state index contributed by atoms with van der Waals surface area (Å²) in [7, 11) is 0. The van der Waals surface area contributed by atoms with Crippen LogP contribution in [0.15, 0.2) is 52.1 Å². The maximum absolute atomic E-state index is 14.7. The number of aromatic nitrogens is 2. The third-order valence-electron chi connectivity index (χ3n) is 4.44. The molecule has 2 unspecified atom stereocenters. The van der Waals surface area contributed by atoms with Crippen LogP contribution in [0, 0.1) is 11.6 Å². The summed E-state index contributed by atoms with van der Waals surface area (Å²) in [5.41, 5.74) is -2.67. The fourth-order valence-electron chi connectivity index (χ4n) is 2.99. The van der Waals surface area contributed by atoms with Crippen LogP contribution < -0.4 is 11.2 Å². The Morgan fingerprint density at radius 1 is 0.774 bits per heavy atom. The van der Waals surface area contributed by atoms with E-state index in [2.05, 4.69) is 0 Å². The minimum absolute atomic E-state index is 0.0757. The van der Waals surface area contributed by atoms with Gasteiger partial charge >= 0.3 is 5.69 Å². The fraction of sp³-hybridized carbons (Fsp3) is 0.200. The minimum Gasteiger partial charge on any atom is -0.494 e. The van der Waals surface area contributed by atoms with Gasteiger partial charge in [-0.15, -0.1) is 0 Å². The first-order chi connectivity index (χ1) is 14.5. The van der Waals surface area contributed by atoms with Gasteiger partial charge in [-0.05, 0) is 47.5 Å². The standard InChI is InChI=1S/C20H14Cl2F4N2O3/c21-12-1-10(3-14(23)5-12)16(25)8-27-18(29)7-19(30)28(20(27)31)9-17(26)11-2-13(22)6-15(24)4-11/h1-7,16-17,29H,8-9H2. The smallest absolute Gasteiger partial charge is 0.333 e. The Bertz CT molecular complexity index is 1210. The Kier molecular flexibility index (Phi) is 6.76. The van der Waals surface area contributed by atoms with E-state index in [-0.39, 0.29) is 21.2 Å². The van der Waals surface area contributed by atoms with Crippen LogP contribution in [0.4, 0.5) is 17.6 Å². The van der Waals surface area contributed by atoms with Gasteiger partial charge in [0.25, 0.3) is 5.56 Å². The number of nitrogens with zero attached hydrogens (tertiary/aromatic N) is 2. The fourth-order valence-corrected chi connectivity index (χ4v) is 3.45. The SMILES string of the molecule is O=c1cc(O)n(CC(F)c2cc(F)cc(Cl)c2)c(=O)n1CC(F)c1cc(F)cc(Cl)c1. The second kappa shape index (κ2) is 9.15. The zero-order chi connectivity index (χ0) is 22.9. The van der Waals surface area contributed by atoms with E-state index >= 15 is 0 Å². The Morgan fingerprint density at radius 3 is 1.68 bits per heavy atom. The highest BCUT2D eigenvalue weighted by Crippen LogP contribution is 2.26. The number of alkyl halides is 2. The third-order valence-corrected chi connectivity index (χ3v) is 4.87. The zero-order valence-electron chi connectivity index (χ0n) is 15.5. The normalized spacial score (nSPS) is 13.2. The van der Waals surface area contributed by atoms with Gasteiger partial charge in [0, 0.05) is 10.0 Å². The topological polar surface area (TPSA) is 64.2 Å². The number of aromatic hydroxyl groups is 1. The van der Waals surface area contributed by atoms with E-state index in [0.29, 0.717) is 15.2 Å². The first-order valence-corrected chi connectivity index (χ1v) is 9.54. The number of rotatable bonds is 6. The molecule has 2 aromatic carbocycles. The molecule has 0 saturated heterocycles. The van der Waals surface area contributed by atoms with Crippen molar-refractivity contribution in [2.45, 2.75) is 25.4 Å². The van der Waals surface area contributed by atoms with E-state index in [0.717, 1.165) is 36.4 Å². The molecule has 164 valence electrons. The molecular weight excluding hydrogens is 463 g/mol. The molecule has 31 heavy (non-hydrogen) atoms. The molecule has 1 aromatic heterocycles. The molecule has 3 aromatic rings. The van der Waals surface area contributed by atoms with Crippen molar-refractivity contribution in [3.63, 3.8) is 0 Å². The summed E-state index contributed by atoms with van der Waals surface area (Å²) in [6.45, 7) is -1.63. The lowest BCUT2D eigenvalue weighted by Gasteiger charge is -2.16. The van der Waals surface area contributed by atoms with Crippen molar-refractivity contribution >= 4 is 23.2 Å². The summed E-state index contributed by atoms with van der Waals surface area (Å²) in [6, 6.07) is 6.51. The number of benzene rings is 2. The minimum atomic E-state index is -2.00. The van der Waals surface area contributed by atoms with E-state index in [9.17, 15) is 32.3 Å². The largest absolute Gasteiger partial charge is 0.494 e. The maximum Gasteiger partial charge on any atom is 0.333 e. The number of hydrogen-bond acceptors (Lipinski definition) is 3. The molecule has 1 N–H and O–H groups in total. The maximum atomic E-state index is 14.7. The first kappa shape index (κ1) is 22.9. The van der Waals surface area contributed by atoms with Crippen molar-refractivity contribution in [3.05, 3.63) is 96.1 Å². The Labute approximate surface area is 182 Å². The van der Waals surface area contributed by atoms with E-state index in [1.54, 1.807) is 0 Å². The zero-order valence-corrected chi connectivity index (χ0v) is 17.0. The summed E-state index contributed by atoms with van der Waals surface area (Å²) < 4.78 is 57.2. The number of halogens is 6. The lowest BCUT2D eigenvalue weighted by Crippen LogP contribution is -2.40. The summed E-state index contributed by atoms with van der Waals surface area (Å²) >= 11 is 11.4. The molecule has 1 heterocycles. The molecule has 0 saturated carbocycles. The average molecular weight is 477 g/mol.